The van der Waals surface area contributed by atoms with Gasteiger partial charge in [-0.2, -0.15) is 0 Å². The standard InChI is InChI=1S/C11H14FNO2/c1-3-13-11(2,10(14)15)8-4-6-9(12)7-5-8/h4-7,13H,3H2,1-2H3,(H,14,15)/t11-/m1/s1. The summed E-state index contributed by atoms with van der Waals surface area (Å²) in [5, 5.41) is 12.0. The van der Waals surface area contributed by atoms with Crippen LogP contribution in [0.5, 0.6) is 0 Å². The molecule has 3 nitrogen and oxygen atoms in total. The van der Waals surface area contributed by atoms with Gasteiger partial charge in [-0.15, -0.1) is 0 Å². The van der Waals surface area contributed by atoms with E-state index in [4.69, 9.17) is 5.11 Å². The minimum absolute atomic E-state index is 0.372. The highest BCUT2D eigenvalue weighted by Crippen LogP contribution is 2.21. The highest BCUT2D eigenvalue weighted by molar-refractivity contribution is 5.80. The molecule has 82 valence electrons. The van der Waals surface area contributed by atoms with Crippen LogP contribution in [0.1, 0.15) is 19.4 Å². The summed E-state index contributed by atoms with van der Waals surface area (Å²) < 4.78 is 12.7. The molecule has 0 saturated heterocycles. The maximum Gasteiger partial charge on any atom is 0.328 e. The van der Waals surface area contributed by atoms with E-state index >= 15 is 0 Å². The van der Waals surface area contributed by atoms with Crippen LogP contribution in [-0.4, -0.2) is 17.6 Å². The molecule has 0 bridgehead atoms. The maximum absolute atomic E-state index is 12.7. The molecular weight excluding hydrogens is 197 g/mol. The quantitative estimate of drug-likeness (QED) is 0.797. The average Bonchev–Trinajstić information content (AvgIpc) is 2.18. The lowest BCUT2D eigenvalue weighted by Gasteiger charge is -2.26. The fourth-order valence-corrected chi connectivity index (χ4v) is 1.44. The third-order valence-corrected chi connectivity index (χ3v) is 2.38. The molecule has 0 unspecified atom stereocenters. The maximum atomic E-state index is 12.7. The van der Waals surface area contributed by atoms with E-state index in [1.165, 1.54) is 24.3 Å². The highest BCUT2D eigenvalue weighted by atomic mass is 19.1. The fraction of sp³-hybridized carbons (Fsp3) is 0.364. The third kappa shape index (κ3) is 2.33. The molecule has 0 saturated carbocycles. The number of rotatable bonds is 4. The summed E-state index contributed by atoms with van der Waals surface area (Å²) in [7, 11) is 0. The zero-order valence-corrected chi connectivity index (χ0v) is 8.75. The number of halogens is 1. The van der Waals surface area contributed by atoms with E-state index in [1.54, 1.807) is 6.92 Å². The minimum atomic E-state index is -1.16. The number of hydrogen-bond donors (Lipinski definition) is 2. The van der Waals surface area contributed by atoms with Crippen molar-refractivity contribution in [3.63, 3.8) is 0 Å². The summed E-state index contributed by atoms with van der Waals surface area (Å²) in [4.78, 5) is 11.1. The molecule has 0 amide bonds. The van der Waals surface area contributed by atoms with Gasteiger partial charge in [0.2, 0.25) is 0 Å². The Kier molecular flexibility index (Phi) is 3.42. The number of likely N-dealkylation sites (N-methyl/N-ethyl adjacent to an activating group) is 1. The van der Waals surface area contributed by atoms with Crippen LogP contribution in [-0.2, 0) is 10.3 Å². The zero-order chi connectivity index (χ0) is 11.5. The lowest BCUT2D eigenvalue weighted by Crippen LogP contribution is -2.46. The van der Waals surface area contributed by atoms with Crippen LogP contribution in [0.4, 0.5) is 4.39 Å². The van der Waals surface area contributed by atoms with Crippen LogP contribution < -0.4 is 5.32 Å². The van der Waals surface area contributed by atoms with Crippen molar-refractivity contribution in [1.29, 1.82) is 0 Å². The second-order valence-electron chi connectivity index (χ2n) is 3.47. The minimum Gasteiger partial charge on any atom is -0.480 e. The first-order chi connectivity index (χ1) is 7.00. The first-order valence-corrected chi connectivity index (χ1v) is 4.75. The molecule has 15 heavy (non-hydrogen) atoms. The molecule has 1 rings (SSSR count). The molecule has 0 aliphatic rings. The van der Waals surface area contributed by atoms with E-state index in [0.29, 0.717) is 12.1 Å². The molecule has 1 atom stereocenters. The Labute approximate surface area is 87.9 Å². The highest BCUT2D eigenvalue weighted by Gasteiger charge is 2.33. The van der Waals surface area contributed by atoms with Crippen molar-refractivity contribution in [3.05, 3.63) is 35.6 Å². The number of nitrogens with one attached hydrogen (secondary N) is 1. The summed E-state index contributed by atoms with van der Waals surface area (Å²) in [5.74, 6) is -1.35. The van der Waals surface area contributed by atoms with Gasteiger partial charge in [-0.25, -0.2) is 9.18 Å². The zero-order valence-electron chi connectivity index (χ0n) is 8.75. The Balaban J connectivity index is 3.09. The van der Waals surface area contributed by atoms with Crippen LogP contribution in [0.3, 0.4) is 0 Å². The monoisotopic (exact) mass is 211 g/mol. The Morgan fingerprint density at radius 2 is 2.00 bits per heavy atom. The van der Waals surface area contributed by atoms with E-state index in [1.807, 2.05) is 6.92 Å². The Bertz CT molecular complexity index is 350. The molecule has 0 fully saturated rings. The topological polar surface area (TPSA) is 49.3 Å². The molecule has 1 aromatic rings. The number of aliphatic carboxylic acids is 1. The van der Waals surface area contributed by atoms with Crippen molar-refractivity contribution in [2.45, 2.75) is 19.4 Å². The Morgan fingerprint density at radius 1 is 1.47 bits per heavy atom. The molecular formula is C11H14FNO2. The van der Waals surface area contributed by atoms with Gasteiger partial charge in [0.25, 0.3) is 0 Å². The predicted molar refractivity (Wildman–Crippen MR) is 55.1 cm³/mol. The number of carbonyl (C=O) groups is 1. The fourth-order valence-electron chi connectivity index (χ4n) is 1.44. The third-order valence-electron chi connectivity index (χ3n) is 2.38. The van der Waals surface area contributed by atoms with Crippen molar-refractivity contribution in [2.24, 2.45) is 0 Å². The van der Waals surface area contributed by atoms with Gasteiger partial charge in [0, 0.05) is 0 Å². The first kappa shape index (κ1) is 11.7. The molecule has 0 heterocycles. The van der Waals surface area contributed by atoms with E-state index < -0.39 is 11.5 Å². The van der Waals surface area contributed by atoms with Crippen LogP contribution in [0.25, 0.3) is 0 Å². The predicted octanol–water partition coefficient (Wildman–Crippen LogP) is 1.73. The van der Waals surface area contributed by atoms with E-state index in [9.17, 15) is 9.18 Å². The number of benzene rings is 1. The van der Waals surface area contributed by atoms with Crippen molar-refractivity contribution in [3.8, 4) is 0 Å². The van der Waals surface area contributed by atoms with Crippen molar-refractivity contribution < 1.29 is 14.3 Å². The second kappa shape index (κ2) is 4.40. The molecule has 1 aromatic carbocycles. The Morgan fingerprint density at radius 3 is 2.40 bits per heavy atom. The van der Waals surface area contributed by atoms with Crippen LogP contribution >= 0.6 is 0 Å². The molecule has 0 radical (unpaired) electrons. The van der Waals surface area contributed by atoms with Gasteiger partial charge >= 0.3 is 5.97 Å². The van der Waals surface area contributed by atoms with Crippen molar-refractivity contribution in [2.75, 3.05) is 6.54 Å². The lowest BCUT2D eigenvalue weighted by atomic mass is 9.92. The van der Waals surface area contributed by atoms with Gasteiger partial charge < -0.3 is 5.11 Å². The Hall–Kier alpha value is -1.42. The summed E-state index contributed by atoms with van der Waals surface area (Å²) in [6, 6.07) is 5.47. The van der Waals surface area contributed by atoms with Crippen LogP contribution in [0.15, 0.2) is 24.3 Å². The van der Waals surface area contributed by atoms with E-state index in [-0.39, 0.29) is 5.82 Å². The largest absolute Gasteiger partial charge is 0.480 e. The van der Waals surface area contributed by atoms with Gasteiger partial charge in [0.1, 0.15) is 11.4 Å². The smallest absolute Gasteiger partial charge is 0.328 e. The van der Waals surface area contributed by atoms with Crippen LogP contribution in [0.2, 0.25) is 0 Å². The molecule has 0 aliphatic heterocycles. The summed E-state index contributed by atoms with van der Waals surface area (Å²) in [6.07, 6.45) is 0. The number of hydrogen-bond acceptors (Lipinski definition) is 2. The number of carboxylic acid groups (broad SMARTS) is 1. The van der Waals surface area contributed by atoms with Gasteiger partial charge in [-0.3, -0.25) is 5.32 Å². The summed E-state index contributed by atoms with van der Waals surface area (Å²) in [6.45, 7) is 3.91. The summed E-state index contributed by atoms with van der Waals surface area (Å²) >= 11 is 0. The normalized spacial score (nSPS) is 14.6. The van der Waals surface area contributed by atoms with Gasteiger partial charge in [0.05, 0.1) is 0 Å². The lowest BCUT2D eigenvalue weighted by molar-refractivity contribution is -0.144. The average molecular weight is 211 g/mol. The van der Waals surface area contributed by atoms with Gasteiger partial charge in [-0.1, -0.05) is 19.1 Å². The second-order valence-corrected chi connectivity index (χ2v) is 3.47. The van der Waals surface area contributed by atoms with E-state index in [0.717, 1.165) is 0 Å². The van der Waals surface area contributed by atoms with Crippen molar-refractivity contribution in [1.82, 2.24) is 5.32 Å². The summed E-state index contributed by atoms with van der Waals surface area (Å²) in [5.41, 5.74) is -0.624. The SMILES string of the molecule is CCN[C@@](C)(C(=O)O)c1ccc(F)cc1. The molecule has 2 N–H and O–H groups in total. The van der Waals surface area contributed by atoms with E-state index in [2.05, 4.69) is 5.32 Å². The molecule has 0 aromatic heterocycles. The van der Waals surface area contributed by atoms with Gasteiger partial charge in [-0.05, 0) is 31.2 Å². The van der Waals surface area contributed by atoms with Crippen LogP contribution in [0, 0.1) is 5.82 Å². The molecule has 0 spiro atoms. The van der Waals surface area contributed by atoms with Gasteiger partial charge in [0.15, 0.2) is 0 Å². The van der Waals surface area contributed by atoms with Crippen molar-refractivity contribution >= 4 is 5.97 Å². The number of carboxylic acids is 1. The first-order valence-electron chi connectivity index (χ1n) is 4.75. The molecule has 4 heteroatoms. The molecule has 0 aliphatic carbocycles.